The van der Waals surface area contributed by atoms with Gasteiger partial charge in [-0.2, -0.15) is 0 Å². The second-order valence-corrected chi connectivity index (χ2v) is 8.71. The average Bonchev–Trinajstić information content (AvgIpc) is 3.27. The van der Waals surface area contributed by atoms with Crippen molar-refractivity contribution in [1.29, 1.82) is 0 Å². The first-order valence-electron chi connectivity index (χ1n) is 10.1. The first kappa shape index (κ1) is 19.0. The summed E-state index contributed by atoms with van der Waals surface area (Å²) in [5.41, 5.74) is 2.42. The first-order valence-corrected chi connectivity index (χ1v) is 11.0. The Morgan fingerprint density at radius 2 is 1.86 bits per heavy atom. The number of carbonyl (C=O) groups is 1. The molecule has 0 saturated carbocycles. The largest absolute Gasteiger partial charge is 0.322 e. The van der Waals surface area contributed by atoms with E-state index in [1.807, 2.05) is 23.9 Å². The monoisotopic (exact) mass is 390 g/mol. The molecule has 0 unspecified atom stereocenters. The SMILES string of the molecule is CCCCC#C[C@@H]1NC(=O)N2[C@H]1CS[C@@]2(Cc1ccccc1)c1ccccc1. The van der Waals surface area contributed by atoms with E-state index in [-0.39, 0.29) is 18.1 Å². The summed E-state index contributed by atoms with van der Waals surface area (Å²) >= 11 is 1.88. The van der Waals surface area contributed by atoms with Crippen LogP contribution in [-0.4, -0.2) is 28.8 Å². The molecule has 2 fully saturated rings. The summed E-state index contributed by atoms with van der Waals surface area (Å²) in [4.78, 5) is 14.7. The fourth-order valence-electron chi connectivity index (χ4n) is 4.11. The quantitative estimate of drug-likeness (QED) is 0.588. The van der Waals surface area contributed by atoms with Crippen LogP contribution in [0.4, 0.5) is 4.79 Å². The molecule has 4 rings (SSSR count). The Labute approximate surface area is 171 Å². The number of urea groups is 1. The maximum absolute atomic E-state index is 13.1. The third-order valence-electron chi connectivity index (χ3n) is 5.52. The van der Waals surface area contributed by atoms with E-state index >= 15 is 0 Å². The van der Waals surface area contributed by atoms with Crippen molar-refractivity contribution >= 4 is 17.8 Å². The van der Waals surface area contributed by atoms with Crippen molar-refractivity contribution in [2.24, 2.45) is 0 Å². The maximum atomic E-state index is 13.1. The highest BCUT2D eigenvalue weighted by Gasteiger charge is 2.56. The molecule has 2 amide bonds. The Hall–Kier alpha value is -2.38. The lowest BCUT2D eigenvalue weighted by atomic mass is 9.95. The molecule has 2 aliphatic heterocycles. The number of carbonyl (C=O) groups excluding carboxylic acids is 1. The van der Waals surface area contributed by atoms with Crippen LogP contribution >= 0.6 is 11.8 Å². The standard InChI is InChI=1S/C24H26N2OS/c1-2-3-4-11-16-21-22-18-28-24(26(22)23(27)25-21,20-14-9-6-10-15-20)17-19-12-7-5-8-13-19/h5-10,12-15,21-22H,2-4,17-18H2,1H3,(H,25,27)/t21-,22-,24-/m0/s1. The fourth-order valence-corrected chi connectivity index (χ4v) is 5.82. The van der Waals surface area contributed by atoms with Crippen molar-refractivity contribution in [3.8, 4) is 11.8 Å². The van der Waals surface area contributed by atoms with Crippen LogP contribution in [0.5, 0.6) is 0 Å². The van der Waals surface area contributed by atoms with Gasteiger partial charge in [0.2, 0.25) is 0 Å². The van der Waals surface area contributed by atoms with Gasteiger partial charge in [-0.15, -0.1) is 17.7 Å². The van der Waals surface area contributed by atoms with Crippen LogP contribution < -0.4 is 5.32 Å². The van der Waals surface area contributed by atoms with Crippen LogP contribution in [0.2, 0.25) is 0 Å². The summed E-state index contributed by atoms with van der Waals surface area (Å²) in [7, 11) is 0. The van der Waals surface area contributed by atoms with Gasteiger partial charge in [-0.3, -0.25) is 4.90 Å². The van der Waals surface area contributed by atoms with Crippen LogP contribution in [0.15, 0.2) is 60.7 Å². The number of hydrogen-bond acceptors (Lipinski definition) is 2. The molecule has 0 aliphatic carbocycles. The Morgan fingerprint density at radius 3 is 2.57 bits per heavy atom. The summed E-state index contributed by atoms with van der Waals surface area (Å²) in [6.45, 7) is 2.17. The predicted molar refractivity (Wildman–Crippen MR) is 116 cm³/mol. The number of rotatable bonds is 5. The maximum Gasteiger partial charge on any atom is 0.320 e. The minimum atomic E-state index is -0.392. The molecule has 0 aromatic heterocycles. The molecular weight excluding hydrogens is 364 g/mol. The number of benzene rings is 2. The van der Waals surface area contributed by atoms with E-state index in [1.165, 1.54) is 11.1 Å². The summed E-state index contributed by atoms with van der Waals surface area (Å²) in [5, 5.41) is 3.14. The highest BCUT2D eigenvalue weighted by atomic mass is 32.2. The zero-order valence-electron chi connectivity index (χ0n) is 16.2. The molecule has 0 spiro atoms. The van der Waals surface area contributed by atoms with Crippen LogP contribution in [0, 0.1) is 11.8 Å². The Morgan fingerprint density at radius 1 is 1.14 bits per heavy atom. The van der Waals surface area contributed by atoms with Gasteiger partial charge in [-0.25, -0.2) is 4.79 Å². The molecule has 2 aromatic carbocycles. The summed E-state index contributed by atoms with van der Waals surface area (Å²) in [5.74, 6) is 7.51. The van der Waals surface area contributed by atoms with Crippen LogP contribution in [0.1, 0.15) is 37.3 Å². The van der Waals surface area contributed by atoms with Gasteiger partial charge < -0.3 is 5.32 Å². The van der Waals surface area contributed by atoms with Crippen molar-refractivity contribution in [1.82, 2.24) is 10.2 Å². The minimum absolute atomic E-state index is 0.00424. The number of hydrogen-bond donors (Lipinski definition) is 1. The molecule has 4 heteroatoms. The van der Waals surface area contributed by atoms with E-state index in [4.69, 9.17) is 0 Å². The summed E-state index contributed by atoms with van der Waals surface area (Å²) in [6, 6.07) is 20.9. The van der Waals surface area contributed by atoms with Crippen LogP contribution in [-0.2, 0) is 11.3 Å². The molecule has 2 saturated heterocycles. The molecule has 2 aliphatic rings. The number of thioether (sulfide) groups is 1. The average molecular weight is 391 g/mol. The van der Waals surface area contributed by atoms with Crippen molar-refractivity contribution in [3.63, 3.8) is 0 Å². The molecule has 1 N–H and O–H groups in total. The van der Waals surface area contributed by atoms with Gasteiger partial charge in [-0.1, -0.05) is 79.9 Å². The third-order valence-corrected chi connectivity index (χ3v) is 7.08. The van der Waals surface area contributed by atoms with Gasteiger partial charge in [0.25, 0.3) is 0 Å². The fraction of sp³-hybridized carbons (Fsp3) is 0.375. The smallest absolute Gasteiger partial charge is 0.320 e. The third kappa shape index (κ3) is 3.52. The van der Waals surface area contributed by atoms with E-state index in [0.29, 0.717) is 0 Å². The van der Waals surface area contributed by atoms with E-state index < -0.39 is 4.87 Å². The molecular formula is C24H26N2OS. The topological polar surface area (TPSA) is 32.3 Å². The molecule has 2 aromatic rings. The Bertz CT molecular complexity index is 874. The van der Waals surface area contributed by atoms with E-state index in [2.05, 4.69) is 77.5 Å². The molecule has 3 nitrogen and oxygen atoms in total. The summed E-state index contributed by atoms with van der Waals surface area (Å²) < 4.78 is 0. The zero-order valence-corrected chi connectivity index (χ0v) is 17.0. The van der Waals surface area contributed by atoms with Gasteiger partial charge in [0, 0.05) is 18.6 Å². The Kier molecular flexibility index (Phi) is 5.64. The number of unbranched alkanes of at least 4 members (excludes halogenated alkanes) is 2. The zero-order chi connectivity index (χ0) is 19.4. The lowest BCUT2D eigenvalue weighted by Crippen LogP contribution is -2.46. The van der Waals surface area contributed by atoms with E-state index in [9.17, 15) is 4.79 Å². The van der Waals surface area contributed by atoms with Crippen molar-refractivity contribution in [2.45, 2.75) is 49.6 Å². The van der Waals surface area contributed by atoms with Gasteiger partial charge in [0.15, 0.2) is 0 Å². The molecule has 2 heterocycles. The summed E-state index contributed by atoms with van der Waals surface area (Å²) in [6.07, 6.45) is 3.95. The van der Waals surface area contributed by atoms with Gasteiger partial charge in [0.05, 0.1) is 6.04 Å². The number of amides is 2. The van der Waals surface area contributed by atoms with Gasteiger partial charge >= 0.3 is 6.03 Å². The number of fused-ring (bicyclic) bond motifs is 1. The second-order valence-electron chi connectivity index (χ2n) is 7.41. The highest BCUT2D eigenvalue weighted by molar-refractivity contribution is 8.00. The van der Waals surface area contributed by atoms with E-state index in [1.54, 1.807) is 0 Å². The van der Waals surface area contributed by atoms with Crippen molar-refractivity contribution in [3.05, 3.63) is 71.8 Å². The van der Waals surface area contributed by atoms with Gasteiger partial charge in [-0.05, 0) is 17.5 Å². The van der Waals surface area contributed by atoms with Crippen molar-refractivity contribution in [2.75, 3.05) is 5.75 Å². The number of nitrogens with zero attached hydrogens (tertiary/aromatic N) is 1. The normalized spacial score (nSPS) is 25.8. The molecule has 3 atom stereocenters. The predicted octanol–water partition coefficient (Wildman–Crippen LogP) is 4.78. The Balaban J connectivity index is 1.68. The highest BCUT2D eigenvalue weighted by Crippen LogP contribution is 2.51. The van der Waals surface area contributed by atoms with Crippen LogP contribution in [0.25, 0.3) is 0 Å². The molecule has 0 radical (unpaired) electrons. The first-order chi connectivity index (χ1) is 13.7. The lowest BCUT2D eigenvalue weighted by molar-refractivity contribution is 0.173. The van der Waals surface area contributed by atoms with Gasteiger partial charge in [0.1, 0.15) is 10.9 Å². The molecule has 28 heavy (non-hydrogen) atoms. The number of nitrogens with one attached hydrogen (secondary N) is 1. The van der Waals surface area contributed by atoms with E-state index in [0.717, 1.165) is 31.4 Å². The lowest BCUT2D eigenvalue weighted by Gasteiger charge is -2.37. The van der Waals surface area contributed by atoms with Crippen molar-refractivity contribution < 1.29 is 4.79 Å². The molecule has 0 bridgehead atoms. The molecule has 144 valence electrons. The minimum Gasteiger partial charge on any atom is -0.322 e. The second kappa shape index (κ2) is 8.32. The van der Waals surface area contributed by atoms with Crippen LogP contribution in [0.3, 0.4) is 0 Å².